The van der Waals surface area contributed by atoms with Crippen LogP contribution in [0.4, 0.5) is 0 Å². The third-order valence-electron chi connectivity index (χ3n) is 3.93. The van der Waals surface area contributed by atoms with Gasteiger partial charge < -0.3 is 15.1 Å². The molecule has 5 nitrogen and oxygen atoms in total. The maximum atomic E-state index is 5.90. The van der Waals surface area contributed by atoms with E-state index in [1.54, 1.807) is 18.4 Å². The number of rotatable bonds is 4. The smallest absolute Gasteiger partial charge is 0.191 e. The van der Waals surface area contributed by atoms with Gasteiger partial charge in [-0.15, -0.1) is 11.3 Å². The molecule has 0 aliphatic heterocycles. The van der Waals surface area contributed by atoms with Crippen molar-refractivity contribution in [2.75, 3.05) is 7.05 Å². The largest absolute Gasteiger partial charge is 0.459 e. The molecule has 0 aliphatic carbocycles. The normalized spacial score (nSPS) is 13.2. The van der Waals surface area contributed by atoms with Crippen LogP contribution in [0.15, 0.2) is 39.7 Å². The maximum absolute atomic E-state index is 5.90. The SMILES string of the molecule is CN=C(NCc1nc(C)c(C)s1)NC(C)c1cc2ccccc2o1. The van der Waals surface area contributed by atoms with E-state index in [9.17, 15) is 0 Å². The molecule has 2 aromatic heterocycles. The molecule has 0 aliphatic rings. The number of hydrogen-bond acceptors (Lipinski definition) is 4. The highest BCUT2D eigenvalue weighted by molar-refractivity contribution is 7.11. The minimum Gasteiger partial charge on any atom is -0.459 e. The third-order valence-corrected chi connectivity index (χ3v) is 5.00. The molecule has 3 aromatic rings. The summed E-state index contributed by atoms with van der Waals surface area (Å²) in [5.74, 6) is 1.62. The molecule has 2 heterocycles. The summed E-state index contributed by atoms with van der Waals surface area (Å²) in [7, 11) is 1.76. The molecule has 0 radical (unpaired) electrons. The molecule has 24 heavy (non-hydrogen) atoms. The van der Waals surface area contributed by atoms with E-state index in [4.69, 9.17) is 4.42 Å². The number of aliphatic imine (C=N–C) groups is 1. The molecular weight excluding hydrogens is 320 g/mol. The molecule has 3 rings (SSSR count). The fraction of sp³-hybridized carbons (Fsp3) is 0.333. The second-order valence-corrected chi connectivity index (χ2v) is 7.02. The Morgan fingerprint density at radius 1 is 1.33 bits per heavy atom. The molecule has 0 spiro atoms. The quantitative estimate of drug-likeness (QED) is 0.557. The molecule has 0 amide bonds. The average Bonchev–Trinajstić information content (AvgIpc) is 3.14. The monoisotopic (exact) mass is 342 g/mol. The Balaban J connectivity index is 1.63. The van der Waals surface area contributed by atoms with E-state index in [0.717, 1.165) is 33.4 Å². The molecule has 1 aromatic carbocycles. The van der Waals surface area contributed by atoms with Gasteiger partial charge in [-0.3, -0.25) is 4.99 Å². The Kier molecular flexibility index (Phi) is 4.85. The van der Waals surface area contributed by atoms with Gasteiger partial charge in [0.1, 0.15) is 16.4 Å². The zero-order chi connectivity index (χ0) is 17.1. The number of thiazole rings is 1. The van der Waals surface area contributed by atoms with E-state index < -0.39 is 0 Å². The predicted octanol–water partition coefficient (Wildman–Crippen LogP) is 3.93. The van der Waals surface area contributed by atoms with Gasteiger partial charge in [-0.25, -0.2) is 4.98 Å². The van der Waals surface area contributed by atoms with Gasteiger partial charge in [0, 0.05) is 17.3 Å². The van der Waals surface area contributed by atoms with E-state index in [2.05, 4.69) is 46.6 Å². The second-order valence-electron chi connectivity index (χ2n) is 5.73. The van der Waals surface area contributed by atoms with Crippen molar-refractivity contribution in [1.82, 2.24) is 15.6 Å². The Hall–Kier alpha value is -2.34. The Labute approximate surface area is 145 Å². The highest BCUT2D eigenvalue weighted by Gasteiger charge is 2.13. The zero-order valence-corrected chi connectivity index (χ0v) is 15.2. The molecular formula is C18H22N4OS. The first-order chi connectivity index (χ1) is 11.6. The molecule has 126 valence electrons. The zero-order valence-electron chi connectivity index (χ0n) is 14.4. The molecule has 6 heteroatoms. The summed E-state index contributed by atoms with van der Waals surface area (Å²) in [5.41, 5.74) is 1.99. The first-order valence-corrected chi connectivity index (χ1v) is 8.77. The van der Waals surface area contributed by atoms with Crippen LogP contribution in [0, 0.1) is 13.8 Å². The molecule has 0 saturated carbocycles. The Morgan fingerprint density at radius 2 is 2.12 bits per heavy atom. The van der Waals surface area contributed by atoms with Crippen LogP contribution in [0.2, 0.25) is 0 Å². The van der Waals surface area contributed by atoms with Gasteiger partial charge in [0.15, 0.2) is 5.96 Å². The molecule has 0 fully saturated rings. The van der Waals surface area contributed by atoms with Crippen molar-refractivity contribution in [3.05, 3.63) is 51.7 Å². The minimum atomic E-state index is 0.0170. The third kappa shape index (κ3) is 3.59. The lowest BCUT2D eigenvalue weighted by molar-refractivity contribution is 0.488. The van der Waals surface area contributed by atoms with Gasteiger partial charge in [0.25, 0.3) is 0 Å². The number of nitrogens with zero attached hydrogens (tertiary/aromatic N) is 2. The number of nitrogens with one attached hydrogen (secondary N) is 2. The minimum absolute atomic E-state index is 0.0170. The van der Waals surface area contributed by atoms with E-state index in [0.29, 0.717) is 6.54 Å². The summed E-state index contributed by atoms with van der Waals surface area (Å²) in [6, 6.07) is 10.1. The number of hydrogen-bond donors (Lipinski definition) is 2. The van der Waals surface area contributed by atoms with Crippen molar-refractivity contribution in [2.24, 2.45) is 4.99 Å². The lowest BCUT2D eigenvalue weighted by atomic mass is 10.2. The molecule has 0 saturated heterocycles. The van der Waals surface area contributed by atoms with Crippen LogP contribution in [-0.2, 0) is 6.54 Å². The highest BCUT2D eigenvalue weighted by atomic mass is 32.1. The van der Waals surface area contributed by atoms with Gasteiger partial charge in [-0.1, -0.05) is 18.2 Å². The number of benzene rings is 1. The lowest BCUT2D eigenvalue weighted by Crippen LogP contribution is -2.38. The Bertz CT molecular complexity index is 812. The topological polar surface area (TPSA) is 62.5 Å². The fourth-order valence-corrected chi connectivity index (χ4v) is 3.33. The van der Waals surface area contributed by atoms with Gasteiger partial charge >= 0.3 is 0 Å². The van der Waals surface area contributed by atoms with Crippen molar-refractivity contribution < 1.29 is 4.42 Å². The molecule has 1 unspecified atom stereocenters. The summed E-state index contributed by atoms with van der Waals surface area (Å²) in [5, 5.41) is 8.83. The van der Waals surface area contributed by atoms with Gasteiger partial charge in [0.05, 0.1) is 18.3 Å². The van der Waals surface area contributed by atoms with Crippen molar-refractivity contribution in [2.45, 2.75) is 33.4 Å². The van der Waals surface area contributed by atoms with Crippen LogP contribution in [0.5, 0.6) is 0 Å². The van der Waals surface area contributed by atoms with Crippen molar-refractivity contribution in [3.63, 3.8) is 0 Å². The van der Waals surface area contributed by atoms with Crippen LogP contribution >= 0.6 is 11.3 Å². The number of guanidine groups is 1. The first-order valence-electron chi connectivity index (χ1n) is 7.95. The van der Waals surface area contributed by atoms with Crippen molar-refractivity contribution in [1.29, 1.82) is 0 Å². The van der Waals surface area contributed by atoms with Crippen molar-refractivity contribution >= 4 is 28.3 Å². The van der Waals surface area contributed by atoms with E-state index >= 15 is 0 Å². The summed E-state index contributed by atoms with van der Waals surface area (Å²) in [6.45, 7) is 6.84. The van der Waals surface area contributed by atoms with Crippen LogP contribution in [0.1, 0.15) is 34.3 Å². The second kappa shape index (κ2) is 7.05. The van der Waals surface area contributed by atoms with E-state index in [-0.39, 0.29) is 6.04 Å². The van der Waals surface area contributed by atoms with E-state index in [1.165, 1.54) is 4.88 Å². The Morgan fingerprint density at radius 3 is 2.79 bits per heavy atom. The van der Waals surface area contributed by atoms with Gasteiger partial charge in [-0.2, -0.15) is 0 Å². The molecule has 1 atom stereocenters. The van der Waals surface area contributed by atoms with Gasteiger partial charge in [0.2, 0.25) is 0 Å². The number of furan rings is 1. The fourth-order valence-electron chi connectivity index (χ4n) is 2.46. The molecule has 0 bridgehead atoms. The van der Waals surface area contributed by atoms with Crippen molar-refractivity contribution in [3.8, 4) is 0 Å². The highest BCUT2D eigenvalue weighted by Crippen LogP contribution is 2.23. The van der Waals surface area contributed by atoms with Crippen LogP contribution < -0.4 is 10.6 Å². The number of aryl methyl sites for hydroxylation is 2. The number of fused-ring (bicyclic) bond motifs is 1. The lowest BCUT2D eigenvalue weighted by Gasteiger charge is -2.15. The summed E-state index contributed by atoms with van der Waals surface area (Å²) in [4.78, 5) is 10.1. The van der Waals surface area contributed by atoms with Crippen LogP contribution in [0.3, 0.4) is 0 Å². The average molecular weight is 342 g/mol. The summed E-state index contributed by atoms with van der Waals surface area (Å²) >= 11 is 1.71. The van der Waals surface area contributed by atoms with Crippen LogP contribution in [-0.4, -0.2) is 18.0 Å². The first kappa shape index (κ1) is 16.5. The predicted molar refractivity (Wildman–Crippen MR) is 99.6 cm³/mol. The molecule has 2 N–H and O–H groups in total. The number of para-hydroxylation sites is 1. The van der Waals surface area contributed by atoms with Gasteiger partial charge in [-0.05, 0) is 32.9 Å². The summed E-state index contributed by atoms with van der Waals surface area (Å²) in [6.07, 6.45) is 0. The standard InChI is InChI=1S/C18H22N4OS/c1-11-13(3)24-17(21-11)10-20-18(19-4)22-12(2)16-9-14-7-5-6-8-15(14)23-16/h5-9,12H,10H2,1-4H3,(H2,19,20,22). The number of aromatic nitrogens is 1. The maximum Gasteiger partial charge on any atom is 0.191 e. The summed E-state index contributed by atoms with van der Waals surface area (Å²) < 4.78 is 5.90. The van der Waals surface area contributed by atoms with E-state index in [1.807, 2.05) is 25.1 Å². The van der Waals surface area contributed by atoms with Crippen LogP contribution in [0.25, 0.3) is 11.0 Å².